The summed E-state index contributed by atoms with van der Waals surface area (Å²) in [4.78, 5) is 13.8. The molecule has 2 aromatic heterocycles. The van der Waals surface area contributed by atoms with Gasteiger partial charge in [0.05, 0.1) is 16.4 Å². The number of benzene rings is 6. The average molecular weight is 538 g/mol. The van der Waals surface area contributed by atoms with Crippen LogP contribution in [-0.2, 0) is 0 Å². The third-order valence-corrected chi connectivity index (χ3v) is 6.74. The maximum atomic E-state index is 9.02. The third kappa shape index (κ3) is 4.14. The van der Waals surface area contributed by atoms with Crippen molar-refractivity contribution in [2.45, 2.75) is 0 Å². The fourth-order valence-corrected chi connectivity index (χ4v) is 4.81. The summed E-state index contributed by atoms with van der Waals surface area (Å²) >= 11 is 0. The number of hydrogen-bond donors (Lipinski definition) is 0. The van der Waals surface area contributed by atoms with E-state index in [1.165, 1.54) is 0 Å². The minimum absolute atomic E-state index is 0.0189. The number of hydrogen-bond acceptors (Lipinski definition) is 4. The zero-order chi connectivity index (χ0) is 37.6. The number of para-hydroxylation sites is 1. The number of rotatable bonds is 4. The summed E-state index contributed by atoms with van der Waals surface area (Å²) in [5.41, 5.74) is 1.30. The smallest absolute Gasteiger partial charge is 0.164 e. The highest BCUT2D eigenvalue weighted by atomic mass is 16.3. The van der Waals surface area contributed by atoms with Crippen LogP contribution in [-0.4, -0.2) is 15.0 Å². The summed E-state index contributed by atoms with van der Waals surface area (Å²) in [6.45, 7) is 0. The molecule has 0 radical (unpaired) electrons. The SMILES string of the molecule is [2H]c1c([2H])c([2H])c(-c2nc(-c3ccc4cc(-c5ccccc5)ccc4c3)nc(-c3c([2H])c([2H])c([2H])c4oc5c([2H])c([2H])c([2H])c([2H])c5c34)n2)c([2H])c1[2H]. The predicted molar refractivity (Wildman–Crippen MR) is 166 cm³/mol. The van der Waals surface area contributed by atoms with Gasteiger partial charge in [-0.15, -0.1) is 0 Å². The van der Waals surface area contributed by atoms with Gasteiger partial charge in [-0.3, -0.25) is 0 Å². The molecule has 0 fully saturated rings. The maximum absolute atomic E-state index is 9.02. The van der Waals surface area contributed by atoms with Crippen molar-refractivity contribution >= 4 is 32.7 Å². The molecule has 8 aromatic rings. The second-order valence-electron chi connectivity index (χ2n) is 9.21. The molecule has 0 N–H and O–H groups in total. The van der Waals surface area contributed by atoms with E-state index in [0.29, 0.717) is 5.56 Å². The topological polar surface area (TPSA) is 51.8 Å². The van der Waals surface area contributed by atoms with Gasteiger partial charge in [0, 0.05) is 27.5 Å². The van der Waals surface area contributed by atoms with Crippen molar-refractivity contribution in [3.8, 4) is 45.3 Å². The number of aromatic nitrogens is 3. The molecule has 6 aromatic carbocycles. The van der Waals surface area contributed by atoms with E-state index in [2.05, 4.69) is 15.0 Å². The molecule has 0 saturated heterocycles. The highest BCUT2D eigenvalue weighted by Crippen LogP contribution is 2.36. The molecule has 0 saturated carbocycles. The van der Waals surface area contributed by atoms with Crippen LogP contribution in [0.3, 0.4) is 0 Å². The second-order valence-corrected chi connectivity index (χ2v) is 9.21. The second kappa shape index (κ2) is 9.54. The normalized spacial score (nSPS) is 15.5. The van der Waals surface area contributed by atoms with Crippen molar-refractivity contribution in [1.82, 2.24) is 15.0 Å². The molecule has 192 valence electrons. The highest BCUT2D eigenvalue weighted by Gasteiger charge is 2.17. The van der Waals surface area contributed by atoms with Crippen molar-refractivity contribution in [3.63, 3.8) is 0 Å². The largest absolute Gasteiger partial charge is 0.456 e. The summed E-state index contributed by atoms with van der Waals surface area (Å²) < 4.78 is 108. The van der Waals surface area contributed by atoms with Gasteiger partial charge in [-0.2, -0.15) is 0 Å². The third-order valence-electron chi connectivity index (χ3n) is 6.74. The lowest BCUT2D eigenvalue weighted by atomic mass is 10.00. The molecule has 0 unspecified atom stereocenters. The molecule has 8 rings (SSSR count). The van der Waals surface area contributed by atoms with E-state index in [4.69, 9.17) is 20.9 Å². The van der Waals surface area contributed by atoms with Gasteiger partial charge in [0.25, 0.3) is 0 Å². The van der Waals surface area contributed by atoms with Crippen molar-refractivity contribution in [1.29, 1.82) is 0 Å². The fourth-order valence-electron chi connectivity index (χ4n) is 4.81. The van der Waals surface area contributed by atoms with E-state index in [1.807, 2.05) is 54.6 Å². The van der Waals surface area contributed by atoms with Crippen molar-refractivity contribution < 1.29 is 20.9 Å². The Bertz CT molecular complexity index is 2850. The van der Waals surface area contributed by atoms with Crippen LogP contribution in [0, 0.1) is 0 Å². The van der Waals surface area contributed by atoms with Crippen LogP contribution in [0.1, 0.15) is 16.4 Å². The number of nitrogens with zero attached hydrogens (tertiary/aromatic N) is 3. The number of fused-ring (bicyclic) bond motifs is 4. The molecule has 0 atom stereocenters. The molecule has 41 heavy (non-hydrogen) atoms. The Labute approximate surface area is 253 Å². The quantitative estimate of drug-likeness (QED) is 0.224. The first-order chi connectivity index (χ1) is 25.3. The molecule has 0 aliphatic heterocycles. The van der Waals surface area contributed by atoms with Crippen LogP contribution < -0.4 is 0 Å². The predicted octanol–water partition coefficient (Wildman–Crippen LogP) is 9.59. The summed E-state index contributed by atoms with van der Waals surface area (Å²) in [6.07, 6.45) is 0. The Morgan fingerprint density at radius 1 is 0.488 bits per heavy atom. The molecular weight excluding hydrogens is 502 g/mol. The van der Waals surface area contributed by atoms with Crippen LogP contribution in [0.15, 0.2) is 144 Å². The van der Waals surface area contributed by atoms with E-state index in [-0.39, 0.29) is 50.5 Å². The molecule has 4 heteroatoms. The lowest BCUT2D eigenvalue weighted by molar-refractivity contribution is 0.669. The van der Waals surface area contributed by atoms with Gasteiger partial charge in [-0.1, -0.05) is 115 Å². The molecule has 0 aliphatic rings. The van der Waals surface area contributed by atoms with E-state index >= 15 is 0 Å². The lowest BCUT2D eigenvalue weighted by Crippen LogP contribution is -2.00. The average Bonchev–Trinajstić information content (AvgIpc) is 3.57. The van der Waals surface area contributed by atoms with E-state index in [1.54, 1.807) is 12.1 Å². The Hall–Kier alpha value is -5.61. The first kappa shape index (κ1) is 14.1. The number of furan rings is 1. The van der Waals surface area contributed by atoms with Gasteiger partial charge in [0.2, 0.25) is 0 Å². The van der Waals surface area contributed by atoms with Gasteiger partial charge in [-0.25, -0.2) is 15.0 Å². The van der Waals surface area contributed by atoms with Crippen LogP contribution in [0.25, 0.3) is 78.0 Å². The Morgan fingerprint density at radius 2 is 1.15 bits per heavy atom. The molecule has 2 heterocycles. The van der Waals surface area contributed by atoms with Crippen LogP contribution in [0.4, 0.5) is 0 Å². The molecule has 0 aliphatic carbocycles. The van der Waals surface area contributed by atoms with Crippen LogP contribution in [0.2, 0.25) is 0 Å². The summed E-state index contributed by atoms with van der Waals surface area (Å²) in [5, 5.41) is 1.43. The Morgan fingerprint density at radius 3 is 1.98 bits per heavy atom. The lowest BCUT2D eigenvalue weighted by Gasteiger charge is -2.10. The maximum Gasteiger partial charge on any atom is 0.164 e. The fraction of sp³-hybridized carbons (Fsp3) is 0. The zero-order valence-electron chi connectivity index (χ0n) is 33.1. The Kier molecular flexibility index (Phi) is 3.29. The molecule has 0 bridgehead atoms. The van der Waals surface area contributed by atoms with Gasteiger partial charge in [0.15, 0.2) is 17.5 Å². The minimum Gasteiger partial charge on any atom is -0.456 e. The van der Waals surface area contributed by atoms with Crippen molar-refractivity contribution in [2.24, 2.45) is 0 Å². The van der Waals surface area contributed by atoms with Gasteiger partial charge in [0.1, 0.15) is 11.2 Å². The van der Waals surface area contributed by atoms with E-state index in [0.717, 1.165) is 21.9 Å². The van der Waals surface area contributed by atoms with E-state index < -0.39 is 72.5 Å². The van der Waals surface area contributed by atoms with E-state index in [9.17, 15) is 0 Å². The molecule has 4 nitrogen and oxygen atoms in total. The van der Waals surface area contributed by atoms with Gasteiger partial charge < -0.3 is 4.42 Å². The van der Waals surface area contributed by atoms with Crippen molar-refractivity contribution in [2.75, 3.05) is 0 Å². The van der Waals surface area contributed by atoms with Gasteiger partial charge >= 0.3 is 0 Å². The highest BCUT2D eigenvalue weighted by molar-refractivity contribution is 6.11. The van der Waals surface area contributed by atoms with Crippen molar-refractivity contribution in [3.05, 3.63) is 139 Å². The molecule has 0 amide bonds. The summed E-state index contributed by atoms with van der Waals surface area (Å²) in [6, 6.07) is 14.2. The summed E-state index contributed by atoms with van der Waals surface area (Å²) in [7, 11) is 0. The van der Waals surface area contributed by atoms with Gasteiger partial charge in [-0.05, 0) is 46.1 Å². The Balaban J connectivity index is 1.46. The zero-order valence-corrected chi connectivity index (χ0v) is 21.1. The monoisotopic (exact) mass is 537 g/mol. The summed E-state index contributed by atoms with van der Waals surface area (Å²) in [5.74, 6) is -0.671. The standard InChI is InChI=1S/C37H23N3O/c1-3-10-24(11-4-1)26-18-19-28-23-29(21-20-27(28)22-26)36-38-35(25-12-5-2-6-13-25)39-37(40-36)31-15-9-17-33-34(31)30-14-7-8-16-32(30)41-33/h1-23H/i2D,5D,6D,7D,8D,9D,12D,13D,14D,15D,16D,17D. The molecular formula is C37H23N3O. The van der Waals surface area contributed by atoms with Crippen LogP contribution in [0.5, 0.6) is 0 Å². The first-order valence-corrected chi connectivity index (χ1v) is 12.6. The first-order valence-electron chi connectivity index (χ1n) is 18.6. The van der Waals surface area contributed by atoms with Crippen LogP contribution >= 0.6 is 0 Å². The molecule has 0 spiro atoms. The minimum atomic E-state index is -0.628.